The Balaban J connectivity index is 3.01. The minimum absolute atomic E-state index is 0.0760. The highest BCUT2D eigenvalue weighted by Gasteiger charge is 2.57. The minimum Gasteiger partial charge on any atom is -0.461 e. The molecule has 1 aliphatic heterocycles. The molecule has 1 aliphatic rings. The number of cyclic esters (lactones) is 1. The highest BCUT2D eigenvalue weighted by molar-refractivity contribution is 5.98. The monoisotopic (exact) mass is 257 g/mol. The third-order valence-corrected chi connectivity index (χ3v) is 3.94. The Morgan fingerprint density at radius 1 is 1.53 bits per heavy atom. The summed E-state index contributed by atoms with van der Waals surface area (Å²) in [5.74, 6) is -0.410. The molecular weight excluding hydrogens is 236 g/mol. The molecule has 0 aromatic rings. The van der Waals surface area contributed by atoms with Crippen LogP contribution in [0.4, 0.5) is 0 Å². The standard InChI is InChI=1S/C12H21O4Si/c1-10(2,3)8-6-12(5,14)11(4,7-15-17)9(13)16-8/h8,14H,6-7H2,1-5H3. The molecule has 1 saturated heterocycles. The zero-order valence-electron chi connectivity index (χ0n) is 11.2. The molecule has 3 radical (unpaired) electrons. The lowest BCUT2D eigenvalue weighted by atomic mass is 9.67. The Morgan fingerprint density at radius 3 is 2.41 bits per heavy atom. The van der Waals surface area contributed by atoms with Crippen LogP contribution >= 0.6 is 0 Å². The number of hydrogen-bond donors (Lipinski definition) is 1. The lowest BCUT2D eigenvalue weighted by Crippen LogP contribution is -2.61. The van der Waals surface area contributed by atoms with E-state index in [2.05, 4.69) is 10.5 Å². The summed E-state index contributed by atoms with van der Waals surface area (Å²) >= 11 is 0. The normalized spacial score (nSPS) is 39.0. The van der Waals surface area contributed by atoms with Gasteiger partial charge in [-0.15, -0.1) is 0 Å². The summed E-state index contributed by atoms with van der Waals surface area (Å²) in [6.07, 6.45) is 0.127. The van der Waals surface area contributed by atoms with Crippen molar-refractivity contribution >= 4 is 16.5 Å². The number of ether oxygens (including phenoxy) is 1. The molecule has 0 aliphatic carbocycles. The molecule has 17 heavy (non-hydrogen) atoms. The number of rotatable bonds is 2. The maximum atomic E-state index is 12.1. The molecule has 3 unspecified atom stereocenters. The predicted octanol–water partition coefficient (Wildman–Crippen LogP) is 1.21. The van der Waals surface area contributed by atoms with E-state index in [-0.39, 0.29) is 18.1 Å². The quantitative estimate of drug-likeness (QED) is 0.597. The van der Waals surface area contributed by atoms with Crippen molar-refractivity contribution in [1.29, 1.82) is 0 Å². The molecule has 97 valence electrons. The lowest BCUT2D eigenvalue weighted by molar-refractivity contribution is -0.216. The minimum atomic E-state index is -1.15. The van der Waals surface area contributed by atoms with Gasteiger partial charge < -0.3 is 14.3 Å². The summed E-state index contributed by atoms with van der Waals surface area (Å²) in [5.41, 5.74) is -2.38. The van der Waals surface area contributed by atoms with Crippen LogP contribution < -0.4 is 0 Å². The van der Waals surface area contributed by atoms with Crippen molar-refractivity contribution in [3.05, 3.63) is 0 Å². The van der Waals surface area contributed by atoms with Crippen LogP contribution in [-0.2, 0) is 14.0 Å². The van der Waals surface area contributed by atoms with Gasteiger partial charge in [0.1, 0.15) is 11.5 Å². The van der Waals surface area contributed by atoms with Crippen LogP contribution in [0.15, 0.2) is 0 Å². The Labute approximate surface area is 106 Å². The summed E-state index contributed by atoms with van der Waals surface area (Å²) in [6, 6.07) is 0. The SMILES string of the molecule is CC(C)(C)C1CC(C)(O)C(C)(CO[Si])C(=O)O1. The largest absolute Gasteiger partial charge is 0.461 e. The fraction of sp³-hybridized carbons (Fsp3) is 0.917. The van der Waals surface area contributed by atoms with E-state index in [4.69, 9.17) is 9.16 Å². The van der Waals surface area contributed by atoms with E-state index in [1.807, 2.05) is 20.8 Å². The van der Waals surface area contributed by atoms with Crippen LogP contribution in [0.2, 0.25) is 0 Å². The molecule has 4 nitrogen and oxygen atoms in total. The Kier molecular flexibility index (Phi) is 3.77. The molecule has 0 amide bonds. The Morgan fingerprint density at radius 2 is 2.06 bits per heavy atom. The van der Waals surface area contributed by atoms with Crippen LogP contribution in [0, 0.1) is 10.8 Å². The van der Waals surface area contributed by atoms with Crippen molar-refractivity contribution in [2.75, 3.05) is 6.61 Å². The van der Waals surface area contributed by atoms with Crippen LogP contribution in [0.3, 0.4) is 0 Å². The first-order chi connectivity index (χ1) is 7.54. The van der Waals surface area contributed by atoms with Gasteiger partial charge in [0.15, 0.2) is 0 Å². The van der Waals surface area contributed by atoms with Gasteiger partial charge in [-0.3, -0.25) is 4.79 Å². The molecule has 0 spiro atoms. The highest BCUT2D eigenvalue weighted by atomic mass is 28.2. The Hall–Kier alpha value is -0.393. The van der Waals surface area contributed by atoms with Crippen molar-refractivity contribution in [2.24, 2.45) is 10.8 Å². The second-order valence-corrected chi connectivity index (χ2v) is 6.65. The summed E-state index contributed by atoms with van der Waals surface area (Å²) in [7, 11) is 2.88. The lowest BCUT2D eigenvalue weighted by Gasteiger charge is -2.49. The van der Waals surface area contributed by atoms with Crippen LogP contribution in [0.5, 0.6) is 0 Å². The topological polar surface area (TPSA) is 55.8 Å². The van der Waals surface area contributed by atoms with Crippen molar-refractivity contribution in [1.82, 2.24) is 0 Å². The maximum Gasteiger partial charge on any atom is 0.317 e. The number of aliphatic hydroxyl groups is 1. The molecule has 0 bridgehead atoms. The van der Waals surface area contributed by atoms with Gasteiger partial charge in [0.2, 0.25) is 10.5 Å². The van der Waals surface area contributed by atoms with Crippen molar-refractivity contribution in [2.45, 2.75) is 52.7 Å². The highest BCUT2D eigenvalue weighted by Crippen LogP contribution is 2.45. The maximum absolute atomic E-state index is 12.1. The number of esters is 1. The molecule has 0 aromatic heterocycles. The van der Waals surface area contributed by atoms with E-state index in [1.165, 1.54) is 0 Å². The van der Waals surface area contributed by atoms with E-state index in [1.54, 1.807) is 13.8 Å². The van der Waals surface area contributed by atoms with Gasteiger partial charge in [0.25, 0.3) is 0 Å². The molecule has 5 heteroatoms. The Bertz CT molecular complexity index is 308. The summed E-state index contributed by atoms with van der Waals surface area (Å²) in [4.78, 5) is 12.1. The first kappa shape index (κ1) is 14.7. The molecule has 1 heterocycles. The third kappa shape index (κ3) is 2.56. The molecule has 0 saturated carbocycles. The fourth-order valence-electron chi connectivity index (χ4n) is 1.95. The second-order valence-electron chi connectivity index (χ2n) is 6.36. The average molecular weight is 257 g/mol. The van der Waals surface area contributed by atoms with Crippen LogP contribution in [-0.4, -0.2) is 39.9 Å². The predicted molar refractivity (Wildman–Crippen MR) is 64.4 cm³/mol. The van der Waals surface area contributed by atoms with E-state index < -0.39 is 17.0 Å². The number of hydrogen-bond acceptors (Lipinski definition) is 4. The zero-order chi connectivity index (χ0) is 13.5. The van der Waals surface area contributed by atoms with Crippen LogP contribution in [0.1, 0.15) is 41.0 Å². The second kappa shape index (κ2) is 4.37. The molecule has 3 atom stereocenters. The molecule has 0 aromatic carbocycles. The van der Waals surface area contributed by atoms with Crippen LogP contribution in [0.25, 0.3) is 0 Å². The van der Waals surface area contributed by atoms with Crippen molar-refractivity contribution in [3.63, 3.8) is 0 Å². The van der Waals surface area contributed by atoms with Gasteiger partial charge in [-0.05, 0) is 19.3 Å². The van der Waals surface area contributed by atoms with Crippen molar-refractivity contribution in [3.8, 4) is 0 Å². The third-order valence-electron chi connectivity index (χ3n) is 3.80. The van der Waals surface area contributed by atoms with Gasteiger partial charge >= 0.3 is 5.97 Å². The molecular formula is C12H21O4Si. The van der Waals surface area contributed by atoms with Gasteiger partial charge in [0.05, 0.1) is 12.2 Å². The van der Waals surface area contributed by atoms with Gasteiger partial charge in [-0.2, -0.15) is 0 Å². The zero-order valence-corrected chi connectivity index (χ0v) is 12.2. The van der Waals surface area contributed by atoms with E-state index in [9.17, 15) is 9.90 Å². The van der Waals surface area contributed by atoms with E-state index >= 15 is 0 Å². The fourth-order valence-corrected chi connectivity index (χ4v) is 2.24. The summed E-state index contributed by atoms with van der Waals surface area (Å²) in [5, 5.41) is 10.5. The first-order valence-corrected chi connectivity index (χ1v) is 6.17. The van der Waals surface area contributed by atoms with Gasteiger partial charge in [-0.25, -0.2) is 0 Å². The summed E-state index contributed by atoms with van der Waals surface area (Å²) in [6.45, 7) is 9.37. The smallest absolute Gasteiger partial charge is 0.317 e. The summed E-state index contributed by atoms with van der Waals surface area (Å²) < 4.78 is 10.3. The van der Waals surface area contributed by atoms with Gasteiger partial charge in [-0.1, -0.05) is 20.8 Å². The van der Waals surface area contributed by atoms with E-state index in [0.29, 0.717) is 6.42 Å². The average Bonchev–Trinajstić information content (AvgIpc) is 2.12. The first-order valence-electron chi connectivity index (χ1n) is 5.76. The number of carbonyl (C=O) groups excluding carboxylic acids is 1. The van der Waals surface area contributed by atoms with Gasteiger partial charge in [0, 0.05) is 6.42 Å². The molecule has 1 fully saturated rings. The van der Waals surface area contributed by atoms with E-state index in [0.717, 1.165) is 0 Å². The molecule has 1 N–H and O–H groups in total. The number of carbonyl (C=O) groups is 1. The van der Waals surface area contributed by atoms with Crippen molar-refractivity contribution < 1.29 is 19.1 Å². The molecule has 1 rings (SSSR count).